The Labute approximate surface area is 162 Å². The van der Waals surface area contributed by atoms with Gasteiger partial charge in [0.25, 0.3) is 0 Å². The molecule has 0 aliphatic heterocycles. The fourth-order valence-corrected chi connectivity index (χ4v) is 3.03. The lowest BCUT2D eigenvalue weighted by Crippen LogP contribution is -2.14. The molecule has 0 saturated heterocycles. The van der Waals surface area contributed by atoms with Crippen molar-refractivity contribution in [2.45, 2.75) is 13.3 Å². The van der Waals surface area contributed by atoms with Gasteiger partial charge < -0.3 is 9.15 Å². The standard InChI is InChI=1S/C22H19N3O3/c1-2-27-18-12-10-16(11-13-18)21-24-25-22(28-21)23-20(26)14-17-8-5-7-15-6-3-4-9-19(15)17/h3-13H,2,14H2,1H3,(H,23,25,26). The van der Waals surface area contributed by atoms with Crippen LogP contribution in [0.15, 0.2) is 71.1 Å². The van der Waals surface area contributed by atoms with Crippen LogP contribution in [-0.2, 0) is 11.2 Å². The summed E-state index contributed by atoms with van der Waals surface area (Å²) in [7, 11) is 0. The molecule has 1 N–H and O–H groups in total. The minimum Gasteiger partial charge on any atom is -0.494 e. The molecule has 0 aliphatic carbocycles. The normalized spacial score (nSPS) is 10.8. The summed E-state index contributed by atoms with van der Waals surface area (Å²) in [6.45, 7) is 2.53. The van der Waals surface area contributed by atoms with E-state index in [1.54, 1.807) is 0 Å². The van der Waals surface area contributed by atoms with Crippen LogP contribution in [0.2, 0.25) is 0 Å². The number of amides is 1. The van der Waals surface area contributed by atoms with Gasteiger partial charge in [-0.2, -0.15) is 0 Å². The van der Waals surface area contributed by atoms with E-state index in [-0.39, 0.29) is 18.3 Å². The van der Waals surface area contributed by atoms with Crippen LogP contribution >= 0.6 is 0 Å². The van der Waals surface area contributed by atoms with Crippen molar-refractivity contribution in [2.75, 3.05) is 11.9 Å². The number of hydrogen-bond donors (Lipinski definition) is 1. The molecule has 0 spiro atoms. The predicted molar refractivity (Wildman–Crippen MR) is 107 cm³/mol. The molecule has 4 aromatic rings. The lowest BCUT2D eigenvalue weighted by molar-refractivity contribution is -0.115. The minimum atomic E-state index is -0.210. The third kappa shape index (κ3) is 3.86. The van der Waals surface area contributed by atoms with Crippen molar-refractivity contribution in [1.29, 1.82) is 0 Å². The zero-order chi connectivity index (χ0) is 19.3. The first-order chi connectivity index (χ1) is 13.7. The number of carbonyl (C=O) groups excluding carboxylic acids is 1. The summed E-state index contributed by atoms with van der Waals surface area (Å²) >= 11 is 0. The van der Waals surface area contributed by atoms with Gasteiger partial charge in [0.1, 0.15) is 5.75 Å². The molecule has 1 amide bonds. The van der Waals surface area contributed by atoms with E-state index in [9.17, 15) is 4.79 Å². The molecular formula is C22H19N3O3. The Morgan fingerprint density at radius 2 is 1.79 bits per heavy atom. The van der Waals surface area contributed by atoms with Crippen molar-refractivity contribution >= 4 is 22.7 Å². The molecule has 1 aromatic heterocycles. The highest BCUT2D eigenvalue weighted by atomic mass is 16.5. The molecule has 0 unspecified atom stereocenters. The summed E-state index contributed by atoms with van der Waals surface area (Å²) in [4.78, 5) is 12.4. The van der Waals surface area contributed by atoms with Crippen LogP contribution in [0.5, 0.6) is 5.75 Å². The second-order valence-electron chi connectivity index (χ2n) is 6.23. The summed E-state index contributed by atoms with van der Waals surface area (Å²) in [5, 5.41) is 12.7. The van der Waals surface area contributed by atoms with Crippen LogP contribution in [0, 0.1) is 0 Å². The Bertz CT molecular complexity index is 1100. The average Bonchev–Trinajstić information content (AvgIpc) is 3.17. The van der Waals surface area contributed by atoms with Gasteiger partial charge in [0.05, 0.1) is 13.0 Å². The fraction of sp³-hybridized carbons (Fsp3) is 0.136. The number of benzene rings is 3. The molecule has 4 rings (SSSR count). The van der Waals surface area contributed by atoms with E-state index < -0.39 is 0 Å². The maximum absolute atomic E-state index is 12.4. The number of nitrogens with one attached hydrogen (secondary N) is 1. The number of ether oxygens (including phenoxy) is 1. The average molecular weight is 373 g/mol. The summed E-state index contributed by atoms with van der Waals surface area (Å²) in [6, 6.07) is 21.3. The van der Waals surface area contributed by atoms with E-state index >= 15 is 0 Å². The second kappa shape index (κ2) is 7.92. The third-order valence-electron chi connectivity index (χ3n) is 4.31. The zero-order valence-corrected chi connectivity index (χ0v) is 15.4. The van der Waals surface area contributed by atoms with Gasteiger partial charge >= 0.3 is 6.01 Å². The largest absolute Gasteiger partial charge is 0.494 e. The van der Waals surface area contributed by atoms with E-state index in [0.29, 0.717) is 12.5 Å². The van der Waals surface area contributed by atoms with Crippen LogP contribution in [0.3, 0.4) is 0 Å². The molecule has 6 heteroatoms. The highest BCUT2D eigenvalue weighted by molar-refractivity contribution is 5.95. The Kier molecular flexibility index (Phi) is 5.01. The number of rotatable bonds is 6. The number of anilines is 1. The van der Waals surface area contributed by atoms with Gasteiger partial charge in [0.2, 0.25) is 11.8 Å². The number of carbonyl (C=O) groups is 1. The van der Waals surface area contributed by atoms with Crippen LogP contribution in [0.1, 0.15) is 12.5 Å². The Morgan fingerprint density at radius 3 is 2.61 bits per heavy atom. The lowest BCUT2D eigenvalue weighted by Gasteiger charge is -2.05. The molecular weight excluding hydrogens is 354 g/mol. The molecule has 0 atom stereocenters. The summed E-state index contributed by atoms with van der Waals surface area (Å²) in [6.07, 6.45) is 0.224. The zero-order valence-electron chi connectivity index (χ0n) is 15.4. The second-order valence-corrected chi connectivity index (χ2v) is 6.23. The quantitative estimate of drug-likeness (QED) is 0.540. The first-order valence-corrected chi connectivity index (χ1v) is 9.06. The van der Waals surface area contributed by atoms with Gasteiger partial charge in [-0.05, 0) is 47.5 Å². The topological polar surface area (TPSA) is 77.3 Å². The van der Waals surface area contributed by atoms with Gasteiger partial charge in [-0.25, -0.2) is 0 Å². The van der Waals surface area contributed by atoms with Crippen molar-refractivity contribution in [1.82, 2.24) is 10.2 Å². The van der Waals surface area contributed by atoms with Crippen molar-refractivity contribution in [3.63, 3.8) is 0 Å². The van der Waals surface area contributed by atoms with E-state index in [1.165, 1.54) is 0 Å². The van der Waals surface area contributed by atoms with Crippen molar-refractivity contribution in [3.8, 4) is 17.2 Å². The van der Waals surface area contributed by atoms with E-state index in [4.69, 9.17) is 9.15 Å². The molecule has 1 heterocycles. The SMILES string of the molecule is CCOc1ccc(-c2nnc(NC(=O)Cc3cccc4ccccc34)o2)cc1. The van der Waals surface area contributed by atoms with Crippen molar-refractivity contribution < 1.29 is 13.9 Å². The summed E-state index contributed by atoms with van der Waals surface area (Å²) in [5.74, 6) is 0.899. The van der Waals surface area contributed by atoms with Crippen LogP contribution in [0.4, 0.5) is 6.01 Å². The van der Waals surface area contributed by atoms with E-state index in [0.717, 1.165) is 27.6 Å². The molecule has 0 radical (unpaired) electrons. The lowest BCUT2D eigenvalue weighted by atomic mass is 10.0. The van der Waals surface area contributed by atoms with Crippen LogP contribution in [0.25, 0.3) is 22.2 Å². The molecule has 0 fully saturated rings. The highest BCUT2D eigenvalue weighted by Crippen LogP contribution is 2.23. The van der Waals surface area contributed by atoms with Crippen molar-refractivity contribution in [3.05, 3.63) is 72.3 Å². The molecule has 28 heavy (non-hydrogen) atoms. The summed E-state index contributed by atoms with van der Waals surface area (Å²) < 4.78 is 11.0. The Morgan fingerprint density at radius 1 is 1.00 bits per heavy atom. The minimum absolute atomic E-state index is 0.0779. The van der Waals surface area contributed by atoms with Gasteiger partial charge in [-0.15, -0.1) is 5.10 Å². The van der Waals surface area contributed by atoms with E-state index in [2.05, 4.69) is 15.5 Å². The first-order valence-electron chi connectivity index (χ1n) is 9.06. The molecule has 0 saturated carbocycles. The van der Waals surface area contributed by atoms with Crippen LogP contribution in [-0.4, -0.2) is 22.7 Å². The van der Waals surface area contributed by atoms with E-state index in [1.807, 2.05) is 73.7 Å². The number of aromatic nitrogens is 2. The third-order valence-corrected chi connectivity index (χ3v) is 4.31. The first kappa shape index (κ1) is 17.7. The van der Waals surface area contributed by atoms with Gasteiger partial charge in [0, 0.05) is 5.56 Å². The van der Waals surface area contributed by atoms with Crippen LogP contribution < -0.4 is 10.1 Å². The monoisotopic (exact) mass is 373 g/mol. The molecule has 0 aliphatic rings. The molecule has 3 aromatic carbocycles. The maximum atomic E-state index is 12.4. The predicted octanol–water partition coefficient (Wildman–Crippen LogP) is 4.47. The Balaban J connectivity index is 1.45. The molecule has 140 valence electrons. The number of hydrogen-bond acceptors (Lipinski definition) is 5. The molecule has 0 bridgehead atoms. The van der Waals surface area contributed by atoms with Gasteiger partial charge in [0.15, 0.2) is 0 Å². The fourth-order valence-electron chi connectivity index (χ4n) is 3.03. The smallest absolute Gasteiger partial charge is 0.322 e. The number of nitrogens with zero attached hydrogens (tertiary/aromatic N) is 2. The highest BCUT2D eigenvalue weighted by Gasteiger charge is 2.13. The molecule has 6 nitrogen and oxygen atoms in total. The van der Waals surface area contributed by atoms with Crippen molar-refractivity contribution in [2.24, 2.45) is 0 Å². The number of fused-ring (bicyclic) bond motifs is 1. The summed E-state index contributed by atoms with van der Waals surface area (Å²) in [5.41, 5.74) is 1.70. The maximum Gasteiger partial charge on any atom is 0.322 e. The van der Waals surface area contributed by atoms with Gasteiger partial charge in [-0.1, -0.05) is 47.6 Å². The Hall–Kier alpha value is -3.67. The van der Waals surface area contributed by atoms with Gasteiger partial charge in [-0.3, -0.25) is 10.1 Å².